The van der Waals surface area contributed by atoms with Gasteiger partial charge in [-0.05, 0) is 44.2 Å². The third kappa shape index (κ3) is 2.96. The monoisotopic (exact) mass is 264 g/mol. The Balaban J connectivity index is 1.47. The van der Waals surface area contributed by atoms with E-state index in [9.17, 15) is 4.79 Å². The SMILES string of the molecule is CNC[C@@H]1CCN(C(=O)[C@@H]2C[C@@H]2C2CCCCC2)C1. The lowest BCUT2D eigenvalue weighted by molar-refractivity contribution is -0.132. The molecular formula is C16H28N2O. The average Bonchev–Trinajstić information content (AvgIpc) is 3.12. The van der Waals surface area contributed by atoms with Gasteiger partial charge in [0, 0.05) is 19.0 Å². The van der Waals surface area contributed by atoms with E-state index in [2.05, 4.69) is 10.2 Å². The van der Waals surface area contributed by atoms with Crippen LogP contribution in [0.15, 0.2) is 0 Å². The topological polar surface area (TPSA) is 32.3 Å². The highest BCUT2D eigenvalue weighted by molar-refractivity contribution is 5.82. The van der Waals surface area contributed by atoms with Crippen molar-refractivity contribution in [3.63, 3.8) is 0 Å². The lowest BCUT2D eigenvalue weighted by atomic mass is 9.85. The van der Waals surface area contributed by atoms with Crippen LogP contribution in [-0.4, -0.2) is 37.5 Å². The maximum Gasteiger partial charge on any atom is 0.225 e. The average molecular weight is 264 g/mol. The van der Waals surface area contributed by atoms with Gasteiger partial charge in [0.2, 0.25) is 5.91 Å². The molecule has 1 saturated heterocycles. The molecule has 0 spiro atoms. The number of nitrogens with zero attached hydrogens (tertiary/aromatic N) is 1. The van der Waals surface area contributed by atoms with Crippen molar-refractivity contribution in [2.45, 2.75) is 44.9 Å². The van der Waals surface area contributed by atoms with E-state index in [1.165, 1.54) is 44.9 Å². The number of amides is 1. The molecule has 3 fully saturated rings. The summed E-state index contributed by atoms with van der Waals surface area (Å²) < 4.78 is 0. The molecule has 1 aliphatic heterocycles. The molecule has 1 amide bonds. The molecule has 3 nitrogen and oxygen atoms in total. The van der Waals surface area contributed by atoms with E-state index in [0.717, 1.165) is 31.5 Å². The van der Waals surface area contributed by atoms with Crippen LogP contribution in [-0.2, 0) is 4.79 Å². The van der Waals surface area contributed by atoms with Crippen LogP contribution in [0.4, 0.5) is 0 Å². The van der Waals surface area contributed by atoms with Crippen molar-refractivity contribution < 1.29 is 4.79 Å². The molecule has 1 N–H and O–H groups in total. The van der Waals surface area contributed by atoms with Crippen molar-refractivity contribution in [3.05, 3.63) is 0 Å². The lowest BCUT2D eigenvalue weighted by Gasteiger charge is -2.22. The van der Waals surface area contributed by atoms with Gasteiger partial charge in [-0.25, -0.2) is 0 Å². The van der Waals surface area contributed by atoms with E-state index in [1.54, 1.807) is 0 Å². The summed E-state index contributed by atoms with van der Waals surface area (Å²) in [6, 6.07) is 0. The second-order valence-electron chi connectivity index (χ2n) is 6.90. The van der Waals surface area contributed by atoms with Crippen molar-refractivity contribution in [2.24, 2.45) is 23.7 Å². The Morgan fingerprint density at radius 2 is 2.00 bits per heavy atom. The highest BCUT2D eigenvalue weighted by atomic mass is 16.2. The van der Waals surface area contributed by atoms with Crippen LogP contribution in [0.1, 0.15) is 44.9 Å². The molecule has 3 aliphatic rings. The standard InChI is InChI=1S/C16H28N2O/c1-17-10-12-7-8-18(11-12)16(19)15-9-14(15)13-5-3-2-4-6-13/h12-15,17H,2-11H2,1H3/t12-,14+,15+/m0/s1. The van der Waals surface area contributed by atoms with Crippen LogP contribution < -0.4 is 5.32 Å². The van der Waals surface area contributed by atoms with Crippen LogP contribution in [0, 0.1) is 23.7 Å². The molecule has 1 heterocycles. The number of hydrogen-bond acceptors (Lipinski definition) is 2. The maximum atomic E-state index is 12.5. The number of nitrogens with one attached hydrogen (secondary N) is 1. The highest BCUT2D eigenvalue weighted by Gasteiger charge is 2.49. The Bertz CT molecular complexity index is 325. The summed E-state index contributed by atoms with van der Waals surface area (Å²) in [5.74, 6) is 3.18. The predicted molar refractivity (Wildman–Crippen MR) is 76.8 cm³/mol. The van der Waals surface area contributed by atoms with E-state index in [-0.39, 0.29) is 0 Å². The second-order valence-corrected chi connectivity index (χ2v) is 6.90. The molecule has 3 heteroatoms. The summed E-state index contributed by atoms with van der Waals surface area (Å²) in [4.78, 5) is 14.7. The van der Waals surface area contributed by atoms with Gasteiger partial charge in [0.15, 0.2) is 0 Å². The number of hydrogen-bond donors (Lipinski definition) is 1. The molecule has 0 radical (unpaired) electrons. The minimum Gasteiger partial charge on any atom is -0.342 e. The first-order valence-corrected chi connectivity index (χ1v) is 8.23. The summed E-state index contributed by atoms with van der Waals surface area (Å²) in [6.45, 7) is 3.05. The normalized spacial score (nSPS) is 35.6. The van der Waals surface area contributed by atoms with Crippen molar-refractivity contribution in [2.75, 3.05) is 26.7 Å². The summed E-state index contributed by atoms with van der Waals surface area (Å²) in [5, 5.41) is 3.24. The first kappa shape index (κ1) is 13.4. The first-order chi connectivity index (χ1) is 9.29. The minimum absolute atomic E-state index is 0.399. The Morgan fingerprint density at radius 1 is 1.21 bits per heavy atom. The van der Waals surface area contributed by atoms with Crippen LogP contribution in [0.3, 0.4) is 0 Å². The molecule has 0 aromatic rings. The molecule has 108 valence electrons. The summed E-state index contributed by atoms with van der Waals surface area (Å²) >= 11 is 0. The molecular weight excluding hydrogens is 236 g/mol. The first-order valence-electron chi connectivity index (χ1n) is 8.23. The smallest absolute Gasteiger partial charge is 0.225 e. The Hall–Kier alpha value is -0.570. The molecule has 3 rings (SSSR count). The van der Waals surface area contributed by atoms with Crippen LogP contribution in [0.25, 0.3) is 0 Å². The van der Waals surface area contributed by atoms with Gasteiger partial charge in [-0.1, -0.05) is 32.1 Å². The van der Waals surface area contributed by atoms with E-state index < -0.39 is 0 Å². The van der Waals surface area contributed by atoms with E-state index >= 15 is 0 Å². The van der Waals surface area contributed by atoms with Crippen molar-refractivity contribution in [1.29, 1.82) is 0 Å². The molecule has 2 saturated carbocycles. The fraction of sp³-hybridized carbons (Fsp3) is 0.938. The van der Waals surface area contributed by atoms with Crippen LogP contribution in [0.2, 0.25) is 0 Å². The van der Waals surface area contributed by atoms with Gasteiger partial charge in [0.1, 0.15) is 0 Å². The maximum absolute atomic E-state index is 12.5. The van der Waals surface area contributed by atoms with Gasteiger partial charge in [0.05, 0.1) is 0 Å². The zero-order chi connectivity index (χ0) is 13.2. The summed E-state index contributed by atoms with van der Waals surface area (Å²) in [6.07, 6.45) is 9.36. The fourth-order valence-corrected chi connectivity index (χ4v) is 4.30. The fourth-order valence-electron chi connectivity index (χ4n) is 4.30. The van der Waals surface area contributed by atoms with Crippen LogP contribution >= 0.6 is 0 Å². The molecule has 0 aromatic carbocycles. The zero-order valence-electron chi connectivity index (χ0n) is 12.2. The van der Waals surface area contributed by atoms with E-state index in [4.69, 9.17) is 0 Å². The Morgan fingerprint density at radius 3 is 2.74 bits per heavy atom. The molecule has 2 aliphatic carbocycles. The van der Waals surface area contributed by atoms with Gasteiger partial charge in [-0.2, -0.15) is 0 Å². The minimum atomic E-state index is 0.399. The summed E-state index contributed by atoms with van der Waals surface area (Å²) in [7, 11) is 2.00. The number of carbonyl (C=O) groups excluding carboxylic acids is 1. The van der Waals surface area contributed by atoms with E-state index in [0.29, 0.717) is 17.7 Å². The molecule has 0 aromatic heterocycles. The largest absolute Gasteiger partial charge is 0.342 e. The second kappa shape index (κ2) is 5.82. The predicted octanol–water partition coefficient (Wildman–Crippen LogP) is 2.27. The van der Waals surface area contributed by atoms with E-state index in [1.807, 2.05) is 7.05 Å². The Kier molecular flexibility index (Phi) is 4.11. The summed E-state index contributed by atoms with van der Waals surface area (Å²) in [5.41, 5.74) is 0. The zero-order valence-corrected chi connectivity index (χ0v) is 12.2. The highest BCUT2D eigenvalue weighted by Crippen LogP contribution is 2.50. The quantitative estimate of drug-likeness (QED) is 0.845. The molecule has 3 atom stereocenters. The van der Waals surface area contributed by atoms with Crippen molar-refractivity contribution in [3.8, 4) is 0 Å². The van der Waals surface area contributed by atoms with Crippen LogP contribution in [0.5, 0.6) is 0 Å². The van der Waals surface area contributed by atoms with Crippen molar-refractivity contribution >= 4 is 5.91 Å². The lowest BCUT2D eigenvalue weighted by Crippen LogP contribution is -2.32. The van der Waals surface area contributed by atoms with Gasteiger partial charge in [-0.3, -0.25) is 4.79 Å². The van der Waals surface area contributed by atoms with Gasteiger partial charge in [-0.15, -0.1) is 0 Å². The van der Waals surface area contributed by atoms with Gasteiger partial charge in [0.25, 0.3) is 0 Å². The van der Waals surface area contributed by atoms with Gasteiger partial charge >= 0.3 is 0 Å². The third-order valence-electron chi connectivity index (χ3n) is 5.50. The number of rotatable bonds is 4. The Labute approximate surface area is 117 Å². The number of carbonyl (C=O) groups is 1. The van der Waals surface area contributed by atoms with Crippen molar-refractivity contribution in [1.82, 2.24) is 10.2 Å². The molecule has 19 heavy (non-hydrogen) atoms. The molecule has 0 bridgehead atoms. The third-order valence-corrected chi connectivity index (χ3v) is 5.50. The molecule has 0 unspecified atom stereocenters. The van der Waals surface area contributed by atoms with Gasteiger partial charge < -0.3 is 10.2 Å². The number of likely N-dealkylation sites (tertiary alicyclic amines) is 1.